The van der Waals surface area contributed by atoms with Crippen LogP contribution in [0.1, 0.15) is 26.3 Å². The van der Waals surface area contributed by atoms with Gasteiger partial charge in [-0.05, 0) is 37.0 Å². The summed E-state index contributed by atoms with van der Waals surface area (Å²) in [6.45, 7) is 6.22. The molecular formula is C15H21N3O. The zero-order valence-corrected chi connectivity index (χ0v) is 11.7. The van der Waals surface area contributed by atoms with Gasteiger partial charge in [0.25, 0.3) is 0 Å². The topological polar surface area (TPSA) is 53.1 Å². The fraction of sp³-hybridized carbons (Fsp3) is 0.400. The molecule has 102 valence electrons. The van der Waals surface area contributed by atoms with Crippen LogP contribution in [0, 0.1) is 5.92 Å². The number of benzene rings is 1. The van der Waals surface area contributed by atoms with Crippen LogP contribution in [0.3, 0.4) is 0 Å². The van der Waals surface area contributed by atoms with E-state index >= 15 is 0 Å². The molecular weight excluding hydrogens is 238 g/mol. The Hall–Kier alpha value is -1.81. The van der Waals surface area contributed by atoms with Gasteiger partial charge in [0, 0.05) is 12.3 Å². The summed E-state index contributed by atoms with van der Waals surface area (Å²) in [7, 11) is 0. The van der Waals surface area contributed by atoms with E-state index in [0.717, 1.165) is 12.1 Å². The van der Waals surface area contributed by atoms with E-state index in [-0.39, 0.29) is 6.23 Å². The van der Waals surface area contributed by atoms with E-state index in [2.05, 4.69) is 43.2 Å². The van der Waals surface area contributed by atoms with Gasteiger partial charge >= 0.3 is 0 Å². The van der Waals surface area contributed by atoms with Gasteiger partial charge in [0.2, 0.25) is 5.88 Å². The molecule has 0 radical (unpaired) electrons. The average molecular weight is 259 g/mol. The summed E-state index contributed by atoms with van der Waals surface area (Å²) < 4.78 is 7.13. The largest absolute Gasteiger partial charge is 0.458 e. The Bertz CT molecular complexity index is 514. The van der Waals surface area contributed by atoms with Gasteiger partial charge in [-0.15, -0.1) is 5.10 Å². The van der Waals surface area contributed by atoms with Crippen molar-refractivity contribution in [1.82, 2.24) is 9.78 Å². The minimum atomic E-state index is -0.350. The average Bonchev–Trinajstić information content (AvgIpc) is 2.76. The highest BCUT2D eigenvalue weighted by Gasteiger charge is 2.04. The molecule has 0 aliphatic rings. The quantitative estimate of drug-likeness (QED) is 0.840. The summed E-state index contributed by atoms with van der Waals surface area (Å²) >= 11 is 0. The number of hydrogen-bond donors (Lipinski definition) is 1. The first-order chi connectivity index (χ1) is 9.04. The van der Waals surface area contributed by atoms with E-state index in [0.29, 0.717) is 11.8 Å². The summed E-state index contributed by atoms with van der Waals surface area (Å²) in [4.78, 5) is 0. The summed E-state index contributed by atoms with van der Waals surface area (Å²) in [5.74, 6) is 1.21. The third kappa shape index (κ3) is 3.83. The van der Waals surface area contributed by atoms with Crippen molar-refractivity contribution in [2.24, 2.45) is 11.7 Å². The summed E-state index contributed by atoms with van der Waals surface area (Å²) in [5, 5.41) is 4.33. The second kappa shape index (κ2) is 5.89. The highest BCUT2D eigenvalue weighted by molar-refractivity contribution is 5.34. The summed E-state index contributed by atoms with van der Waals surface area (Å²) in [5.41, 5.74) is 7.93. The molecule has 0 bridgehead atoms. The SMILES string of the molecule is CC(C)Cc1ccc(-n2ccc(OC(C)N)n2)cc1. The first-order valence-electron chi connectivity index (χ1n) is 6.62. The maximum atomic E-state index is 5.57. The Morgan fingerprint density at radius 3 is 2.42 bits per heavy atom. The molecule has 4 heteroatoms. The smallest absolute Gasteiger partial charge is 0.234 e. The van der Waals surface area contributed by atoms with Crippen molar-refractivity contribution in [2.45, 2.75) is 33.4 Å². The van der Waals surface area contributed by atoms with E-state index in [4.69, 9.17) is 10.5 Å². The first kappa shape index (κ1) is 13.6. The lowest BCUT2D eigenvalue weighted by Crippen LogP contribution is -2.22. The molecule has 0 aliphatic heterocycles. The van der Waals surface area contributed by atoms with Crippen LogP contribution in [0.5, 0.6) is 5.88 Å². The van der Waals surface area contributed by atoms with Crippen LogP contribution >= 0.6 is 0 Å². The monoisotopic (exact) mass is 259 g/mol. The van der Waals surface area contributed by atoms with Crippen LogP contribution in [0.15, 0.2) is 36.5 Å². The van der Waals surface area contributed by atoms with Crippen molar-refractivity contribution >= 4 is 0 Å². The van der Waals surface area contributed by atoms with Gasteiger partial charge in [-0.3, -0.25) is 5.73 Å². The molecule has 0 aliphatic carbocycles. The lowest BCUT2D eigenvalue weighted by Gasteiger charge is -2.07. The van der Waals surface area contributed by atoms with Crippen molar-refractivity contribution in [3.05, 3.63) is 42.1 Å². The molecule has 0 amide bonds. The second-order valence-corrected chi connectivity index (χ2v) is 5.19. The first-order valence-corrected chi connectivity index (χ1v) is 6.62. The van der Waals surface area contributed by atoms with Crippen LogP contribution in [0.25, 0.3) is 5.69 Å². The number of aromatic nitrogens is 2. The van der Waals surface area contributed by atoms with E-state index in [9.17, 15) is 0 Å². The molecule has 0 saturated carbocycles. The Morgan fingerprint density at radius 1 is 1.16 bits per heavy atom. The summed E-state index contributed by atoms with van der Waals surface area (Å²) in [6, 6.07) is 10.2. The fourth-order valence-corrected chi connectivity index (χ4v) is 1.96. The van der Waals surface area contributed by atoms with Gasteiger partial charge in [-0.25, -0.2) is 4.68 Å². The molecule has 2 rings (SSSR count). The number of ether oxygens (including phenoxy) is 1. The molecule has 0 saturated heterocycles. The Kier molecular flexibility index (Phi) is 4.22. The van der Waals surface area contributed by atoms with Gasteiger partial charge in [-0.2, -0.15) is 0 Å². The third-order valence-electron chi connectivity index (χ3n) is 2.72. The predicted molar refractivity (Wildman–Crippen MR) is 76.4 cm³/mol. The number of nitrogens with zero attached hydrogens (tertiary/aromatic N) is 2. The Morgan fingerprint density at radius 2 is 1.84 bits per heavy atom. The normalized spacial score (nSPS) is 12.7. The molecule has 0 spiro atoms. The number of rotatable bonds is 5. The molecule has 19 heavy (non-hydrogen) atoms. The highest BCUT2D eigenvalue weighted by atomic mass is 16.5. The second-order valence-electron chi connectivity index (χ2n) is 5.19. The summed E-state index contributed by atoms with van der Waals surface area (Å²) in [6.07, 6.45) is 2.62. The molecule has 1 atom stereocenters. The zero-order chi connectivity index (χ0) is 13.8. The predicted octanol–water partition coefficient (Wildman–Crippen LogP) is 2.75. The number of nitrogens with two attached hydrogens (primary N) is 1. The van der Waals surface area contributed by atoms with Crippen molar-refractivity contribution in [2.75, 3.05) is 0 Å². The molecule has 1 heterocycles. The molecule has 1 aromatic heterocycles. The minimum absolute atomic E-state index is 0.350. The van der Waals surface area contributed by atoms with E-state index in [1.807, 2.05) is 12.3 Å². The Labute approximate surface area is 114 Å². The van der Waals surface area contributed by atoms with Gasteiger partial charge < -0.3 is 4.74 Å². The molecule has 2 N–H and O–H groups in total. The van der Waals surface area contributed by atoms with Crippen molar-refractivity contribution < 1.29 is 4.74 Å². The Balaban J connectivity index is 2.11. The molecule has 2 aromatic rings. The molecule has 1 unspecified atom stereocenters. The third-order valence-corrected chi connectivity index (χ3v) is 2.72. The standard InChI is InChI=1S/C15H21N3O/c1-11(2)10-13-4-6-14(7-5-13)18-9-8-15(17-18)19-12(3)16/h4-9,11-12H,10,16H2,1-3H3. The van der Waals surface area contributed by atoms with Crippen molar-refractivity contribution in [3.63, 3.8) is 0 Å². The van der Waals surface area contributed by atoms with Crippen LogP contribution in [-0.2, 0) is 6.42 Å². The van der Waals surface area contributed by atoms with E-state index in [1.165, 1.54) is 5.56 Å². The lowest BCUT2D eigenvalue weighted by molar-refractivity contribution is 0.219. The van der Waals surface area contributed by atoms with Crippen molar-refractivity contribution in [3.8, 4) is 11.6 Å². The molecule has 1 aromatic carbocycles. The maximum Gasteiger partial charge on any atom is 0.234 e. The van der Waals surface area contributed by atoms with Crippen LogP contribution in [0.2, 0.25) is 0 Å². The van der Waals surface area contributed by atoms with E-state index < -0.39 is 0 Å². The molecule has 0 fully saturated rings. The maximum absolute atomic E-state index is 5.57. The number of hydrogen-bond acceptors (Lipinski definition) is 3. The fourth-order valence-electron chi connectivity index (χ4n) is 1.96. The van der Waals surface area contributed by atoms with Gasteiger partial charge in [0.15, 0.2) is 0 Å². The lowest BCUT2D eigenvalue weighted by atomic mass is 10.0. The minimum Gasteiger partial charge on any atom is -0.458 e. The zero-order valence-electron chi connectivity index (χ0n) is 11.7. The van der Waals surface area contributed by atoms with Gasteiger partial charge in [0.1, 0.15) is 6.23 Å². The van der Waals surface area contributed by atoms with Gasteiger partial charge in [-0.1, -0.05) is 26.0 Å². The van der Waals surface area contributed by atoms with E-state index in [1.54, 1.807) is 11.6 Å². The van der Waals surface area contributed by atoms with Crippen LogP contribution in [0.4, 0.5) is 0 Å². The highest BCUT2D eigenvalue weighted by Crippen LogP contribution is 2.15. The van der Waals surface area contributed by atoms with Crippen molar-refractivity contribution in [1.29, 1.82) is 0 Å². The van der Waals surface area contributed by atoms with Crippen LogP contribution in [-0.4, -0.2) is 16.0 Å². The van der Waals surface area contributed by atoms with Gasteiger partial charge in [0.05, 0.1) is 5.69 Å². The molecule has 4 nitrogen and oxygen atoms in total. The van der Waals surface area contributed by atoms with Crippen LogP contribution < -0.4 is 10.5 Å².